The summed E-state index contributed by atoms with van der Waals surface area (Å²) < 4.78 is 7.14. The smallest absolute Gasteiger partial charge is 0.225 e. The Balaban J connectivity index is 1.40. The Hall–Kier alpha value is -3.04. The second-order valence-electron chi connectivity index (χ2n) is 8.35. The molecule has 4 aromatic rings. The van der Waals surface area contributed by atoms with Gasteiger partial charge in [-0.1, -0.05) is 0 Å². The number of amides is 1. The van der Waals surface area contributed by atoms with E-state index in [4.69, 9.17) is 4.74 Å². The molecule has 5 rings (SSSR count). The summed E-state index contributed by atoms with van der Waals surface area (Å²) >= 11 is 1.68. The summed E-state index contributed by atoms with van der Waals surface area (Å²) in [5.41, 5.74) is 3.24. The maximum atomic E-state index is 13.0. The summed E-state index contributed by atoms with van der Waals surface area (Å²) in [5, 5.41) is 8.79. The number of anilines is 2. The summed E-state index contributed by atoms with van der Waals surface area (Å²) in [7, 11) is 3.54. The molecule has 0 bridgehead atoms. The van der Waals surface area contributed by atoms with Crippen LogP contribution in [0.25, 0.3) is 15.7 Å². The van der Waals surface area contributed by atoms with E-state index in [-0.39, 0.29) is 17.9 Å². The lowest BCUT2D eigenvalue weighted by atomic mass is 9.87. The Kier molecular flexibility index (Phi) is 5.52. The molecule has 4 heterocycles. The van der Waals surface area contributed by atoms with Gasteiger partial charge in [0.2, 0.25) is 5.91 Å². The standard InChI is InChI=1S/C23H26N6O2S/c1-14(31-3)12-28(2)23(30)15-4-5-18-19(10-15)32-22-20(18)21(24-13-25-22)27-16-7-9-29-17(11-16)6-8-26-29/h6-9,11,13-15H,4-5,10,12H2,1-3H3,(H,24,25,27)/t14?,15-/m0/s1. The molecule has 32 heavy (non-hydrogen) atoms. The SMILES string of the molecule is COC(C)CN(C)C(=O)[C@H]1CCc2c(sc3ncnc(Nc4ccn5nccc5c4)c23)C1. The number of likely N-dealkylation sites (N-methyl/N-ethyl adjacent to an activating group) is 1. The quantitative estimate of drug-likeness (QED) is 0.482. The monoisotopic (exact) mass is 450 g/mol. The number of fused-ring (bicyclic) bond motifs is 4. The maximum absolute atomic E-state index is 13.0. The van der Waals surface area contributed by atoms with Gasteiger partial charge in [-0.25, -0.2) is 14.5 Å². The van der Waals surface area contributed by atoms with Crippen molar-refractivity contribution in [3.63, 3.8) is 0 Å². The summed E-state index contributed by atoms with van der Waals surface area (Å²) in [6.45, 7) is 2.58. The zero-order chi connectivity index (χ0) is 22.2. The van der Waals surface area contributed by atoms with Gasteiger partial charge in [-0.3, -0.25) is 4.79 Å². The van der Waals surface area contributed by atoms with Gasteiger partial charge in [0.15, 0.2) is 0 Å². The van der Waals surface area contributed by atoms with Crippen molar-refractivity contribution in [2.45, 2.75) is 32.3 Å². The van der Waals surface area contributed by atoms with Gasteiger partial charge < -0.3 is 15.0 Å². The third kappa shape index (κ3) is 3.82. The van der Waals surface area contributed by atoms with Crippen molar-refractivity contribution in [3.8, 4) is 0 Å². The number of aryl methyl sites for hydroxylation is 1. The molecule has 0 saturated carbocycles. The first kappa shape index (κ1) is 20.8. The predicted octanol–water partition coefficient (Wildman–Crippen LogP) is 3.68. The van der Waals surface area contributed by atoms with Gasteiger partial charge in [0.25, 0.3) is 0 Å². The van der Waals surface area contributed by atoms with Crippen molar-refractivity contribution in [3.05, 3.63) is 47.4 Å². The maximum Gasteiger partial charge on any atom is 0.225 e. The van der Waals surface area contributed by atoms with Crippen LogP contribution in [0.2, 0.25) is 0 Å². The number of ether oxygens (including phenoxy) is 1. The lowest BCUT2D eigenvalue weighted by Crippen LogP contribution is -2.39. The number of hydrogen-bond acceptors (Lipinski definition) is 7. The first-order valence-electron chi connectivity index (χ1n) is 10.8. The molecular weight excluding hydrogens is 424 g/mol. The first-order chi connectivity index (χ1) is 15.5. The fourth-order valence-electron chi connectivity index (χ4n) is 4.41. The number of aromatic nitrogens is 4. The molecule has 0 saturated heterocycles. The number of carbonyl (C=O) groups is 1. The summed E-state index contributed by atoms with van der Waals surface area (Å²) in [6, 6.07) is 6.00. The molecule has 0 spiro atoms. The van der Waals surface area contributed by atoms with E-state index in [2.05, 4.69) is 20.4 Å². The topological polar surface area (TPSA) is 84.6 Å². The summed E-state index contributed by atoms with van der Waals surface area (Å²) in [4.78, 5) is 26.1. The predicted molar refractivity (Wildman–Crippen MR) is 126 cm³/mol. The average Bonchev–Trinajstić information content (AvgIpc) is 3.42. The number of nitrogens with one attached hydrogen (secondary N) is 1. The second kappa shape index (κ2) is 8.48. The molecule has 1 aliphatic carbocycles. The molecule has 9 heteroatoms. The van der Waals surface area contributed by atoms with Crippen molar-refractivity contribution < 1.29 is 9.53 Å². The number of thiophene rings is 1. The van der Waals surface area contributed by atoms with E-state index in [1.54, 1.807) is 35.9 Å². The Bertz CT molecular complexity index is 1280. The highest BCUT2D eigenvalue weighted by Crippen LogP contribution is 2.40. The lowest BCUT2D eigenvalue weighted by Gasteiger charge is -2.28. The summed E-state index contributed by atoms with van der Waals surface area (Å²) in [5.74, 6) is 1.00. The number of nitrogens with zero attached hydrogens (tertiary/aromatic N) is 5. The molecule has 0 fully saturated rings. The van der Waals surface area contributed by atoms with E-state index in [9.17, 15) is 4.79 Å². The van der Waals surface area contributed by atoms with Gasteiger partial charge in [0, 0.05) is 49.6 Å². The van der Waals surface area contributed by atoms with Crippen molar-refractivity contribution in [1.29, 1.82) is 0 Å². The first-order valence-corrected chi connectivity index (χ1v) is 11.6. The van der Waals surface area contributed by atoms with Crippen LogP contribution in [0.3, 0.4) is 0 Å². The zero-order valence-electron chi connectivity index (χ0n) is 18.4. The second-order valence-corrected chi connectivity index (χ2v) is 9.44. The minimum absolute atomic E-state index is 0.00161. The normalized spacial score (nSPS) is 16.8. The van der Waals surface area contributed by atoms with Gasteiger partial charge in [-0.2, -0.15) is 5.10 Å². The molecule has 1 aliphatic rings. The van der Waals surface area contributed by atoms with Crippen LogP contribution in [0.15, 0.2) is 36.9 Å². The van der Waals surface area contributed by atoms with Crippen LogP contribution >= 0.6 is 11.3 Å². The number of pyridine rings is 1. The van der Waals surface area contributed by atoms with E-state index in [1.807, 2.05) is 42.9 Å². The Labute approximate surface area is 190 Å². The molecule has 1 N–H and O–H groups in total. The van der Waals surface area contributed by atoms with Crippen molar-refractivity contribution in [2.24, 2.45) is 5.92 Å². The van der Waals surface area contributed by atoms with E-state index in [1.165, 1.54) is 10.4 Å². The van der Waals surface area contributed by atoms with Crippen LogP contribution in [0, 0.1) is 5.92 Å². The van der Waals surface area contributed by atoms with Crippen LogP contribution in [0.4, 0.5) is 11.5 Å². The van der Waals surface area contributed by atoms with Crippen LogP contribution < -0.4 is 5.32 Å². The fraction of sp³-hybridized carbons (Fsp3) is 0.391. The Morgan fingerprint density at radius 3 is 3.12 bits per heavy atom. The van der Waals surface area contributed by atoms with E-state index in [0.717, 1.165) is 46.5 Å². The lowest BCUT2D eigenvalue weighted by molar-refractivity contribution is -0.135. The van der Waals surface area contributed by atoms with E-state index < -0.39 is 0 Å². The van der Waals surface area contributed by atoms with E-state index in [0.29, 0.717) is 6.54 Å². The zero-order valence-corrected chi connectivity index (χ0v) is 19.2. The highest BCUT2D eigenvalue weighted by atomic mass is 32.1. The molecule has 0 aliphatic heterocycles. The van der Waals surface area contributed by atoms with Crippen LogP contribution in [0.1, 0.15) is 23.8 Å². The third-order valence-electron chi connectivity index (χ3n) is 6.17. The minimum atomic E-state index is -0.00161. The molecule has 166 valence electrons. The number of carbonyl (C=O) groups excluding carboxylic acids is 1. The van der Waals surface area contributed by atoms with Gasteiger partial charge in [0.05, 0.1) is 17.0 Å². The molecule has 0 radical (unpaired) electrons. The highest BCUT2D eigenvalue weighted by Gasteiger charge is 2.31. The molecule has 1 unspecified atom stereocenters. The number of rotatable bonds is 6. The number of hydrogen-bond donors (Lipinski definition) is 1. The average molecular weight is 451 g/mol. The van der Waals surface area contributed by atoms with Crippen LogP contribution in [-0.2, 0) is 22.4 Å². The van der Waals surface area contributed by atoms with Gasteiger partial charge in [0.1, 0.15) is 17.0 Å². The van der Waals surface area contributed by atoms with Crippen molar-refractivity contribution in [1.82, 2.24) is 24.5 Å². The molecular formula is C23H26N6O2S. The van der Waals surface area contributed by atoms with Crippen LogP contribution in [0.5, 0.6) is 0 Å². The van der Waals surface area contributed by atoms with Crippen molar-refractivity contribution in [2.75, 3.05) is 26.0 Å². The van der Waals surface area contributed by atoms with Gasteiger partial charge in [-0.05, 0) is 49.9 Å². The molecule has 0 aromatic carbocycles. The van der Waals surface area contributed by atoms with Crippen molar-refractivity contribution >= 4 is 44.5 Å². The van der Waals surface area contributed by atoms with Gasteiger partial charge in [-0.15, -0.1) is 11.3 Å². The summed E-state index contributed by atoms with van der Waals surface area (Å²) in [6.07, 6.45) is 7.77. The minimum Gasteiger partial charge on any atom is -0.380 e. The highest BCUT2D eigenvalue weighted by molar-refractivity contribution is 7.19. The molecule has 2 atom stereocenters. The van der Waals surface area contributed by atoms with Gasteiger partial charge >= 0.3 is 0 Å². The Morgan fingerprint density at radius 2 is 2.28 bits per heavy atom. The molecule has 1 amide bonds. The largest absolute Gasteiger partial charge is 0.380 e. The third-order valence-corrected chi connectivity index (χ3v) is 7.33. The molecule has 4 aromatic heterocycles. The van der Waals surface area contributed by atoms with E-state index >= 15 is 0 Å². The Morgan fingerprint density at radius 1 is 1.41 bits per heavy atom. The fourth-order valence-corrected chi connectivity index (χ4v) is 5.68. The van der Waals surface area contributed by atoms with Crippen LogP contribution in [-0.4, -0.2) is 57.2 Å². The molecule has 8 nitrogen and oxygen atoms in total. The number of methoxy groups -OCH3 is 1.